The molecule has 0 spiro atoms. The first kappa shape index (κ1) is 21.8. The molecule has 1 heterocycles. The molecule has 0 amide bonds. The van der Waals surface area contributed by atoms with Crippen molar-refractivity contribution in [2.75, 3.05) is 10.1 Å². The minimum Gasteiger partial charge on any atom is -0.759 e. The molecular formula is C19H12N5O5S2-. The first-order chi connectivity index (χ1) is 14.7. The van der Waals surface area contributed by atoms with E-state index < -0.39 is 26.2 Å². The molecular weight excluding hydrogens is 442 g/mol. The van der Waals surface area contributed by atoms with Crippen LogP contribution in [0.15, 0.2) is 69.3 Å². The molecule has 0 bridgehead atoms. The van der Waals surface area contributed by atoms with Gasteiger partial charge in [0.2, 0.25) is 0 Å². The van der Waals surface area contributed by atoms with E-state index >= 15 is 0 Å². The van der Waals surface area contributed by atoms with Gasteiger partial charge in [0.25, 0.3) is 15.6 Å². The number of anilines is 1. The van der Waals surface area contributed by atoms with Gasteiger partial charge in [-0.2, -0.15) is 18.9 Å². The number of nitrogens with zero attached hydrogens (tertiary/aromatic N) is 4. The molecule has 0 aliphatic carbocycles. The smallest absolute Gasteiger partial charge is 0.286 e. The van der Waals surface area contributed by atoms with E-state index in [0.29, 0.717) is 4.68 Å². The largest absolute Gasteiger partial charge is 0.759 e. The SMILES string of the molecule is N#Cc1c(-c2ccc(N(O)O)cc2)c(C#N)c(=O)n(NS(=O)(=O)c2ccccc2)c1[S-]. The highest BCUT2D eigenvalue weighted by atomic mass is 32.2. The third-order valence-electron chi connectivity index (χ3n) is 4.21. The van der Waals surface area contributed by atoms with E-state index in [4.69, 9.17) is 23.0 Å². The Labute approximate surface area is 181 Å². The first-order valence-corrected chi connectivity index (χ1v) is 10.3. The quantitative estimate of drug-likeness (QED) is 0.385. The number of nitriles is 2. The van der Waals surface area contributed by atoms with Crippen molar-refractivity contribution in [1.29, 1.82) is 10.5 Å². The summed E-state index contributed by atoms with van der Waals surface area (Å²) < 4.78 is 25.7. The van der Waals surface area contributed by atoms with Crippen molar-refractivity contribution in [2.24, 2.45) is 0 Å². The van der Waals surface area contributed by atoms with Gasteiger partial charge in [-0.3, -0.25) is 15.2 Å². The minimum atomic E-state index is -4.23. The Morgan fingerprint density at radius 3 is 2.06 bits per heavy atom. The highest BCUT2D eigenvalue weighted by molar-refractivity contribution is 7.92. The van der Waals surface area contributed by atoms with Gasteiger partial charge < -0.3 is 12.6 Å². The number of pyridine rings is 1. The predicted molar refractivity (Wildman–Crippen MR) is 110 cm³/mol. The maximum Gasteiger partial charge on any atom is 0.286 e. The Bertz CT molecular complexity index is 1390. The van der Waals surface area contributed by atoms with Crippen LogP contribution in [0.4, 0.5) is 5.69 Å². The maximum atomic E-state index is 12.9. The maximum absolute atomic E-state index is 12.9. The van der Waals surface area contributed by atoms with Crippen LogP contribution < -0.4 is 15.6 Å². The van der Waals surface area contributed by atoms with Crippen LogP contribution in [-0.2, 0) is 22.7 Å². The molecule has 0 aliphatic rings. The third-order valence-corrected chi connectivity index (χ3v) is 5.91. The first-order valence-electron chi connectivity index (χ1n) is 8.37. The van der Waals surface area contributed by atoms with Crippen LogP contribution >= 0.6 is 0 Å². The number of sulfonamides is 1. The van der Waals surface area contributed by atoms with Gasteiger partial charge in [0.1, 0.15) is 11.6 Å². The Kier molecular flexibility index (Phi) is 5.92. The second-order valence-corrected chi connectivity index (χ2v) is 8.09. The summed E-state index contributed by atoms with van der Waals surface area (Å²) in [7, 11) is -4.23. The topological polar surface area (TPSA) is 159 Å². The molecule has 0 atom stereocenters. The Morgan fingerprint density at radius 1 is 0.968 bits per heavy atom. The minimum absolute atomic E-state index is 0.0108. The summed E-state index contributed by atoms with van der Waals surface area (Å²) in [6, 6.07) is 15.9. The van der Waals surface area contributed by atoms with Crippen molar-refractivity contribution in [2.45, 2.75) is 9.92 Å². The molecule has 10 nitrogen and oxygen atoms in total. The zero-order valence-corrected chi connectivity index (χ0v) is 17.1. The average molecular weight is 454 g/mol. The molecule has 0 aliphatic heterocycles. The molecule has 3 N–H and O–H groups in total. The lowest BCUT2D eigenvalue weighted by molar-refractivity contribution is 0.0291. The van der Waals surface area contributed by atoms with E-state index in [2.05, 4.69) is 0 Å². The molecule has 0 unspecified atom stereocenters. The van der Waals surface area contributed by atoms with Gasteiger partial charge in [-0.15, -0.1) is 5.23 Å². The summed E-state index contributed by atoms with van der Waals surface area (Å²) >= 11 is 5.17. The predicted octanol–water partition coefficient (Wildman–Crippen LogP) is 1.68. The number of rotatable bonds is 5. The van der Waals surface area contributed by atoms with Gasteiger partial charge in [0, 0.05) is 5.56 Å². The summed E-state index contributed by atoms with van der Waals surface area (Å²) in [5.41, 5.74) is -1.73. The van der Waals surface area contributed by atoms with Crippen molar-refractivity contribution >= 4 is 28.3 Å². The summed E-state index contributed by atoms with van der Waals surface area (Å²) in [4.78, 5) is 14.8. The summed E-state index contributed by atoms with van der Waals surface area (Å²) in [6.45, 7) is 0. The second-order valence-electron chi connectivity index (χ2n) is 6.04. The van der Waals surface area contributed by atoms with Crippen LogP contribution in [-0.4, -0.2) is 23.5 Å². The van der Waals surface area contributed by atoms with Gasteiger partial charge in [-0.1, -0.05) is 35.4 Å². The monoisotopic (exact) mass is 454 g/mol. The summed E-state index contributed by atoms with van der Waals surface area (Å²) in [5, 5.41) is 36.8. The number of hydrogen-bond acceptors (Lipinski definition) is 9. The number of aromatic nitrogens is 1. The number of nitrogens with one attached hydrogen (secondary N) is 1. The molecule has 2 aromatic carbocycles. The van der Waals surface area contributed by atoms with E-state index in [1.54, 1.807) is 12.1 Å². The molecule has 12 heteroatoms. The molecule has 0 radical (unpaired) electrons. The van der Waals surface area contributed by atoms with E-state index in [-0.39, 0.29) is 32.5 Å². The van der Waals surface area contributed by atoms with Crippen molar-refractivity contribution in [3.05, 3.63) is 76.1 Å². The van der Waals surface area contributed by atoms with E-state index in [0.717, 1.165) is 0 Å². The van der Waals surface area contributed by atoms with Crippen molar-refractivity contribution < 1.29 is 18.8 Å². The van der Waals surface area contributed by atoms with Crippen LogP contribution in [0.1, 0.15) is 11.1 Å². The van der Waals surface area contributed by atoms with Gasteiger partial charge in [-0.05, 0) is 29.8 Å². The summed E-state index contributed by atoms with van der Waals surface area (Å²) in [6.07, 6.45) is 0. The highest BCUT2D eigenvalue weighted by Crippen LogP contribution is 2.29. The fourth-order valence-corrected chi connectivity index (χ4v) is 4.14. The van der Waals surface area contributed by atoms with Crippen molar-refractivity contribution in [3.8, 4) is 23.3 Å². The van der Waals surface area contributed by atoms with E-state index in [1.165, 1.54) is 48.5 Å². The number of hydrogen-bond donors (Lipinski definition) is 3. The van der Waals surface area contributed by atoms with Crippen molar-refractivity contribution in [3.63, 3.8) is 0 Å². The van der Waals surface area contributed by atoms with Gasteiger partial charge in [-0.25, -0.2) is 9.51 Å². The fraction of sp³-hybridized carbons (Fsp3) is 0. The molecule has 1 aromatic heterocycles. The van der Waals surface area contributed by atoms with E-state index in [1.807, 2.05) is 10.9 Å². The molecule has 0 fully saturated rings. The molecule has 0 saturated carbocycles. The highest BCUT2D eigenvalue weighted by Gasteiger charge is 2.22. The van der Waals surface area contributed by atoms with E-state index in [9.17, 15) is 23.7 Å². The number of benzene rings is 2. The van der Waals surface area contributed by atoms with Crippen molar-refractivity contribution in [1.82, 2.24) is 4.68 Å². The second kappa shape index (κ2) is 8.43. The fourth-order valence-electron chi connectivity index (χ4n) is 2.77. The molecule has 156 valence electrons. The van der Waals surface area contributed by atoms with Crippen LogP contribution in [0.25, 0.3) is 11.1 Å². The molecule has 3 rings (SSSR count). The van der Waals surface area contributed by atoms with Gasteiger partial charge >= 0.3 is 0 Å². The normalized spacial score (nSPS) is 10.7. The van der Waals surface area contributed by atoms with Gasteiger partial charge in [0.15, 0.2) is 0 Å². The lowest BCUT2D eigenvalue weighted by Gasteiger charge is -2.23. The van der Waals surface area contributed by atoms with Gasteiger partial charge in [0.05, 0.1) is 22.2 Å². The Morgan fingerprint density at radius 2 is 1.55 bits per heavy atom. The lowest BCUT2D eigenvalue weighted by atomic mass is 9.97. The standard InChI is InChI=1S/C19H13N5O5S2/c20-10-15-17(12-6-8-13(9-7-12)24(26)27)16(11-21)19(30)23(18(15)25)22-31(28,29)14-4-2-1-3-5-14/h1-9,22,26-27,30H/p-1. The van der Waals surface area contributed by atoms with Crippen LogP contribution in [0.3, 0.4) is 0 Å². The average Bonchev–Trinajstić information content (AvgIpc) is 2.77. The zero-order valence-electron chi connectivity index (χ0n) is 15.4. The van der Waals surface area contributed by atoms with Crippen LogP contribution in [0, 0.1) is 22.7 Å². The molecule has 31 heavy (non-hydrogen) atoms. The Hall–Kier alpha value is -3.94. The lowest BCUT2D eigenvalue weighted by Crippen LogP contribution is -2.36. The third kappa shape index (κ3) is 4.05. The zero-order chi connectivity index (χ0) is 22.8. The van der Waals surface area contributed by atoms with Crippen LogP contribution in [0.5, 0.6) is 0 Å². The Balaban J connectivity index is 2.23. The summed E-state index contributed by atoms with van der Waals surface area (Å²) in [5.74, 6) is 0. The van der Waals surface area contributed by atoms with Crippen LogP contribution in [0.2, 0.25) is 0 Å². The molecule has 0 saturated heterocycles. The molecule has 3 aromatic rings.